The molecule has 0 saturated carbocycles. The number of ether oxygens (including phenoxy) is 1. The minimum Gasteiger partial charge on any atom is -0.496 e. The minimum absolute atomic E-state index is 0.155. The Morgan fingerprint density at radius 3 is 2.52 bits per heavy atom. The molecule has 1 aromatic rings. The Balaban J connectivity index is 1.75. The first-order chi connectivity index (χ1) is 12.0. The first-order valence-electron chi connectivity index (χ1n) is 8.68. The van der Waals surface area contributed by atoms with Gasteiger partial charge in [-0.05, 0) is 31.7 Å². The number of rotatable bonds is 4. The third kappa shape index (κ3) is 4.25. The van der Waals surface area contributed by atoms with Gasteiger partial charge in [-0.3, -0.25) is 9.59 Å². The van der Waals surface area contributed by atoms with Crippen molar-refractivity contribution in [3.63, 3.8) is 0 Å². The maximum Gasteiger partial charge on any atom is 0.255 e. The number of fused-ring (bicyclic) bond motifs is 2. The van der Waals surface area contributed by atoms with Gasteiger partial charge in [0, 0.05) is 31.1 Å². The number of methoxy groups -OCH3 is 1. The van der Waals surface area contributed by atoms with Crippen LogP contribution >= 0.6 is 11.6 Å². The Morgan fingerprint density at radius 2 is 1.92 bits per heavy atom. The number of nitrogens with one attached hydrogen (secondary N) is 3. The summed E-state index contributed by atoms with van der Waals surface area (Å²) in [4.78, 5) is 24.0. The number of halogens is 1. The summed E-state index contributed by atoms with van der Waals surface area (Å²) in [7, 11) is 1.49. The predicted octanol–water partition coefficient (Wildman–Crippen LogP) is 2.71. The third-order valence-electron chi connectivity index (χ3n) is 4.89. The zero-order chi connectivity index (χ0) is 18.0. The van der Waals surface area contributed by atoms with Crippen molar-refractivity contribution >= 4 is 29.1 Å². The van der Waals surface area contributed by atoms with Crippen molar-refractivity contribution in [2.75, 3.05) is 12.4 Å². The number of hydrogen-bond acceptors (Lipinski definition) is 4. The van der Waals surface area contributed by atoms with Crippen LogP contribution in [0.25, 0.3) is 0 Å². The maximum atomic E-state index is 12.7. The predicted molar refractivity (Wildman–Crippen MR) is 97.4 cm³/mol. The summed E-state index contributed by atoms with van der Waals surface area (Å²) in [6.45, 7) is 1.40. The normalized spacial score (nSPS) is 25.2. The molecule has 6 nitrogen and oxygen atoms in total. The van der Waals surface area contributed by atoms with E-state index in [9.17, 15) is 9.59 Å². The fraction of sp³-hybridized carbons (Fsp3) is 0.556. The van der Waals surface area contributed by atoms with Gasteiger partial charge in [0.25, 0.3) is 5.91 Å². The summed E-state index contributed by atoms with van der Waals surface area (Å²) in [6.07, 6.45) is 5.49. The fourth-order valence-corrected chi connectivity index (χ4v) is 4.04. The molecule has 2 atom stereocenters. The van der Waals surface area contributed by atoms with Crippen LogP contribution < -0.4 is 20.7 Å². The third-order valence-corrected chi connectivity index (χ3v) is 5.21. The Hall–Kier alpha value is -1.79. The van der Waals surface area contributed by atoms with Crippen molar-refractivity contribution in [3.05, 3.63) is 22.7 Å². The second-order valence-corrected chi connectivity index (χ2v) is 7.25. The van der Waals surface area contributed by atoms with Crippen molar-refractivity contribution in [1.82, 2.24) is 10.6 Å². The monoisotopic (exact) mass is 365 g/mol. The van der Waals surface area contributed by atoms with E-state index in [-0.39, 0.29) is 17.9 Å². The van der Waals surface area contributed by atoms with Crippen LogP contribution in [-0.4, -0.2) is 37.0 Å². The van der Waals surface area contributed by atoms with E-state index < -0.39 is 0 Å². The highest BCUT2D eigenvalue weighted by Gasteiger charge is 2.32. The molecular weight excluding hydrogens is 342 g/mol. The lowest BCUT2D eigenvalue weighted by atomic mass is 9.84. The molecule has 7 heteroatoms. The van der Waals surface area contributed by atoms with Crippen LogP contribution in [0.4, 0.5) is 5.69 Å². The average molecular weight is 366 g/mol. The van der Waals surface area contributed by atoms with Crippen LogP contribution in [0.2, 0.25) is 5.02 Å². The van der Waals surface area contributed by atoms with Crippen molar-refractivity contribution in [1.29, 1.82) is 0 Å². The Morgan fingerprint density at radius 1 is 1.24 bits per heavy atom. The standard InChI is InChI=1S/C18H24ClN3O3/c1-10(23)20-16-9-17(25-2)14(8-15(16)19)18(24)22-13-6-11-4-3-5-12(7-13)21-11/h8-9,11-13,21H,3-7H2,1-2H3,(H,20,23)(H,22,24). The zero-order valence-corrected chi connectivity index (χ0v) is 15.3. The van der Waals surface area contributed by atoms with Gasteiger partial charge in [-0.15, -0.1) is 0 Å². The molecule has 2 unspecified atom stereocenters. The zero-order valence-electron chi connectivity index (χ0n) is 14.5. The molecule has 0 spiro atoms. The van der Waals surface area contributed by atoms with Crippen LogP contribution in [0, 0.1) is 0 Å². The van der Waals surface area contributed by atoms with Crippen LogP contribution in [0.15, 0.2) is 12.1 Å². The van der Waals surface area contributed by atoms with Crippen molar-refractivity contribution in [2.24, 2.45) is 0 Å². The number of benzene rings is 1. The number of piperidine rings is 2. The lowest BCUT2D eigenvalue weighted by Gasteiger charge is -2.40. The van der Waals surface area contributed by atoms with Gasteiger partial charge >= 0.3 is 0 Å². The van der Waals surface area contributed by atoms with E-state index >= 15 is 0 Å². The van der Waals surface area contributed by atoms with Crippen LogP contribution in [0.1, 0.15) is 49.4 Å². The fourth-order valence-electron chi connectivity index (χ4n) is 3.83. The molecular formula is C18H24ClN3O3. The van der Waals surface area contributed by atoms with Gasteiger partial charge in [0.15, 0.2) is 0 Å². The van der Waals surface area contributed by atoms with Crippen LogP contribution in [0.5, 0.6) is 5.75 Å². The molecule has 2 saturated heterocycles. The van der Waals surface area contributed by atoms with Crippen LogP contribution in [0.3, 0.4) is 0 Å². The average Bonchev–Trinajstić information content (AvgIpc) is 2.55. The van der Waals surface area contributed by atoms with Crippen molar-refractivity contribution in [2.45, 2.75) is 57.2 Å². The Bertz CT molecular complexity index is 668. The van der Waals surface area contributed by atoms with Gasteiger partial charge in [0.05, 0.1) is 23.4 Å². The molecule has 3 N–H and O–H groups in total. The lowest BCUT2D eigenvalue weighted by molar-refractivity contribution is -0.114. The molecule has 0 aliphatic carbocycles. The summed E-state index contributed by atoms with van der Waals surface area (Å²) in [5, 5.41) is 9.68. The summed E-state index contributed by atoms with van der Waals surface area (Å²) in [6, 6.07) is 4.26. The molecule has 2 amide bonds. The van der Waals surface area contributed by atoms with E-state index in [0.29, 0.717) is 34.1 Å². The molecule has 2 fully saturated rings. The highest BCUT2D eigenvalue weighted by atomic mass is 35.5. The van der Waals surface area contributed by atoms with Gasteiger partial charge in [-0.25, -0.2) is 0 Å². The van der Waals surface area contributed by atoms with E-state index in [1.807, 2.05) is 0 Å². The maximum absolute atomic E-state index is 12.7. The number of anilines is 1. The summed E-state index contributed by atoms with van der Waals surface area (Å²) >= 11 is 6.21. The van der Waals surface area contributed by atoms with Gasteiger partial charge < -0.3 is 20.7 Å². The molecule has 3 rings (SSSR count). The minimum atomic E-state index is -0.234. The SMILES string of the molecule is COc1cc(NC(C)=O)c(Cl)cc1C(=O)NC1CC2CCCC(C1)N2. The van der Waals surface area contributed by atoms with Gasteiger partial charge in [0.1, 0.15) is 5.75 Å². The largest absolute Gasteiger partial charge is 0.496 e. The molecule has 1 aromatic carbocycles. The molecule has 0 aromatic heterocycles. The molecule has 0 radical (unpaired) electrons. The summed E-state index contributed by atoms with van der Waals surface area (Å²) in [5.41, 5.74) is 0.809. The van der Waals surface area contributed by atoms with Crippen molar-refractivity contribution in [3.8, 4) is 5.75 Å². The van der Waals surface area contributed by atoms with Gasteiger partial charge in [-0.2, -0.15) is 0 Å². The van der Waals surface area contributed by atoms with E-state index in [0.717, 1.165) is 12.8 Å². The second kappa shape index (κ2) is 7.62. The molecule has 2 aliphatic heterocycles. The van der Waals surface area contributed by atoms with E-state index in [4.69, 9.17) is 16.3 Å². The first kappa shape index (κ1) is 18.0. The number of carbonyl (C=O) groups is 2. The molecule has 25 heavy (non-hydrogen) atoms. The summed E-state index contributed by atoms with van der Waals surface area (Å²) < 4.78 is 5.32. The number of carbonyl (C=O) groups excluding carboxylic acids is 2. The highest BCUT2D eigenvalue weighted by Crippen LogP contribution is 2.32. The molecule has 2 heterocycles. The second-order valence-electron chi connectivity index (χ2n) is 6.85. The number of amides is 2. The Kier molecular flexibility index (Phi) is 5.49. The summed E-state index contributed by atoms with van der Waals surface area (Å²) in [5.74, 6) is -0.0414. The van der Waals surface area contributed by atoms with Crippen molar-refractivity contribution < 1.29 is 14.3 Å². The van der Waals surface area contributed by atoms with E-state index in [1.54, 1.807) is 12.1 Å². The number of hydrogen-bond donors (Lipinski definition) is 3. The van der Waals surface area contributed by atoms with Gasteiger partial charge in [-0.1, -0.05) is 18.0 Å². The van der Waals surface area contributed by atoms with E-state index in [1.165, 1.54) is 33.3 Å². The topological polar surface area (TPSA) is 79.5 Å². The molecule has 2 bridgehead atoms. The Labute approximate surface area is 152 Å². The quantitative estimate of drug-likeness (QED) is 0.766. The van der Waals surface area contributed by atoms with E-state index in [2.05, 4.69) is 16.0 Å². The molecule has 2 aliphatic rings. The highest BCUT2D eigenvalue weighted by molar-refractivity contribution is 6.34. The van der Waals surface area contributed by atoms with Crippen LogP contribution in [-0.2, 0) is 4.79 Å². The first-order valence-corrected chi connectivity index (χ1v) is 9.06. The smallest absolute Gasteiger partial charge is 0.255 e. The van der Waals surface area contributed by atoms with Gasteiger partial charge in [0.2, 0.25) is 5.91 Å². The lowest BCUT2D eigenvalue weighted by Crippen LogP contribution is -2.54. The molecule has 136 valence electrons.